The van der Waals surface area contributed by atoms with Crippen LogP contribution in [0.5, 0.6) is 0 Å². The Bertz CT molecular complexity index is 1290. The third-order valence-corrected chi connectivity index (χ3v) is 5.83. The molecule has 10 heteroatoms. The van der Waals surface area contributed by atoms with Crippen molar-refractivity contribution >= 4 is 23.5 Å². The molecule has 0 spiro atoms. The molecular formula is C27H24F3N3O4. The number of rotatable bonds is 7. The average Bonchev–Trinajstić information content (AvgIpc) is 2.86. The predicted octanol–water partition coefficient (Wildman–Crippen LogP) is 5.34. The quantitative estimate of drug-likeness (QED) is 0.398. The number of halogens is 3. The fourth-order valence-corrected chi connectivity index (χ4v) is 4.23. The lowest BCUT2D eigenvalue weighted by Crippen LogP contribution is -2.48. The van der Waals surface area contributed by atoms with Crippen LogP contribution >= 0.6 is 0 Å². The number of allylic oxidation sites excluding steroid dienone is 1. The highest BCUT2D eigenvalue weighted by molar-refractivity contribution is 6.14. The third kappa shape index (κ3) is 5.56. The van der Waals surface area contributed by atoms with Gasteiger partial charge in [0.1, 0.15) is 18.4 Å². The molecule has 1 heterocycles. The number of nitriles is 1. The van der Waals surface area contributed by atoms with Crippen LogP contribution in [-0.2, 0) is 25.2 Å². The molecule has 0 amide bonds. The van der Waals surface area contributed by atoms with Gasteiger partial charge in [-0.15, -0.1) is 0 Å². The second kappa shape index (κ2) is 11.1. The topological polar surface area (TPSA) is 103 Å². The molecule has 0 radical (unpaired) electrons. The maximum atomic E-state index is 13.5. The van der Waals surface area contributed by atoms with Crippen molar-refractivity contribution in [1.29, 1.82) is 10.7 Å². The van der Waals surface area contributed by atoms with Crippen molar-refractivity contribution in [2.75, 3.05) is 18.1 Å². The molecule has 2 aromatic rings. The minimum atomic E-state index is -4.65. The monoisotopic (exact) mass is 511 g/mol. The van der Waals surface area contributed by atoms with Crippen LogP contribution in [0.3, 0.4) is 0 Å². The number of benzene rings is 2. The Balaban J connectivity index is 2.31. The first-order valence-electron chi connectivity index (χ1n) is 11.3. The molecule has 1 aliphatic rings. The molecule has 2 atom stereocenters. The number of ether oxygens (including phenoxy) is 2. The largest absolute Gasteiger partial charge is 0.465 e. The summed E-state index contributed by atoms with van der Waals surface area (Å²) in [5.74, 6) is -4.48. The molecule has 1 aliphatic heterocycles. The summed E-state index contributed by atoms with van der Waals surface area (Å²) in [6.45, 7) is 6.39. The van der Waals surface area contributed by atoms with Gasteiger partial charge in [0.05, 0.1) is 29.4 Å². The molecule has 0 fully saturated rings. The first-order valence-corrected chi connectivity index (χ1v) is 11.3. The summed E-state index contributed by atoms with van der Waals surface area (Å²) in [4.78, 5) is 27.6. The van der Waals surface area contributed by atoms with Crippen molar-refractivity contribution in [2.45, 2.75) is 25.9 Å². The van der Waals surface area contributed by atoms with E-state index >= 15 is 0 Å². The lowest BCUT2D eigenvalue weighted by Gasteiger charge is -2.40. The zero-order valence-corrected chi connectivity index (χ0v) is 20.1. The van der Waals surface area contributed by atoms with Gasteiger partial charge in [0, 0.05) is 17.3 Å². The number of carbonyl (C=O) groups excluding carboxylic acids is 2. The fourth-order valence-electron chi connectivity index (χ4n) is 4.23. The van der Waals surface area contributed by atoms with Gasteiger partial charge in [-0.05, 0) is 49.7 Å². The Hall–Kier alpha value is -4.39. The van der Waals surface area contributed by atoms with E-state index in [9.17, 15) is 28.0 Å². The number of nitrogens with zero attached hydrogens (tertiary/aromatic N) is 2. The zero-order chi connectivity index (χ0) is 27.3. The van der Waals surface area contributed by atoms with E-state index in [1.165, 1.54) is 37.3 Å². The van der Waals surface area contributed by atoms with Crippen LogP contribution in [0.25, 0.3) is 0 Å². The van der Waals surface area contributed by atoms with Crippen LogP contribution in [0.2, 0.25) is 0 Å². The second-order valence-corrected chi connectivity index (χ2v) is 8.10. The van der Waals surface area contributed by atoms with Crippen molar-refractivity contribution in [3.05, 3.63) is 89.1 Å². The van der Waals surface area contributed by atoms with Gasteiger partial charge >= 0.3 is 18.1 Å². The predicted molar refractivity (Wildman–Crippen MR) is 130 cm³/mol. The van der Waals surface area contributed by atoms with E-state index in [0.29, 0.717) is 11.1 Å². The van der Waals surface area contributed by atoms with Gasteiger partial charge < -0.3 is 14.4 Å². The summed E-state index contributed by atoms with van der Waals surface area (Å²) in [7, 11) is 0. The highest BCUT2D eigenvalue weighted by Crippen LogP contribution is 2.44. The summed E-state index contributed by atoms with van der Waals surface area (Å²) >= 11 is 0. The summed E-state index contributed by atoms with van der Waals surface area (Å²) < 4.78 is 50.9. The molecule has 0 aliphatic carbocycles. The van der Waals surface area contributed by atoms with Gasteiger partial charge in [0.25, 0.3) is 0 Å². The zero-order valence-electron chi connectivity index (χ0n) is 20.1. The number of hydrogen-bond acceptors (Lipinski definition) is 6. The molecule has 7 nitrogen and oxygen atoms in total. The van der Waals surface area contributed by atoms with E-state index in [1.807, 2.05) is 6.07 Å². The molecule has 2 unspecified atom stereocenters. The van der Waals surface area contributed by atoms with Crippen molar-refractivity contribution in [2.24, 2.45) is 5.92 Å². The minimum Gasteiger partial charge on any atom is -0.465 e. The van der Waals surface area contributed by atoms with Gasteiger partial charge in [-0.3, -0.25) is 10.2 Å². The maximum absolute atomic E-state index is 13.5. The fraction of sp³-hybridized carbons (Fsp3) is 0.259. The number of nitrogens with one attached hydrogen (secondary N) is 1. The Kier molecular flexibility index (Phi) is 8.17. The van der Waals surface area contributed by atoms with Gasteiger partial charge in [-0.25, -0.2) is 4.79 Å². The molecule has 0 bridgehead atoms. The number of alkyl halides is 3. The normalized spacial score (nSPS) is 17.7. The van der Waals surface area contributed by atoms with Crippen LogP contribution in [0, 0.1) is 22.7 Å². The lowest BCUT2D eigenvalue weighted by molar-refractivity contribution is -0.146. The van der Waals surface area contributed by atoms with Gasteiger partial charge in [-0.2, -0.15) is 18.4 Å². The van der Waals surface area contributed by atoms with E-state index in [4.69, 9.17) is 14.9 Å². The average molecular weight is 512 g/mol. The van der Waals surface area contributed by atoms with Gasteiger partial charge in [-0.1, -0.05) is 30.9 Å². The molecule has 2 aromatic carbocycles. The SMILES string of the molecule is C=CCOC(=O)C1=C(C)N(c2cccc(C(F)(F)F)c2)C(=N)C(C(=O)OCC)C1c1ccc(C#N)cc1. The van der Waals surface area contributed by atoms with E-state index in [-0.39, 0.29) is 36.0 Å². The van der Waals surface area contributed by atoms with E-state index in [2.05, 4.69) is 6.58 Å². The first-order chi connectivity index (χ1) is 17.5. The third-order valence-electron chi connectivity index (χ3n) is 5.83. The van der Waals surface area contributed by atoms with Crippen molar-refractivity contribution in [3.8, 4) is 6.07 Å². The van der Waals surface area contributed by atoms with E-state index < -0.39 is 35.5 Å². The van der Waals surface area contributed by atoms with Gasteiger partial charge in [0.2, 0.25) is 0 Å². The Morgan fingerprint density at radius 2 is 1.86 bits per heavy atom. The lowest BCUT2D eigenvalue weighted by atomic mass is 9.75. The second-order valence-electron chi connectivity index (χ2n) is 8.10. The molecule has 3 rings (SSSR count). The Morgan fingerprint density at radius 1 is 1.19 bits per heavy atom. The molecule has 0 aromatic heterocycles. The number of esters is 2. The summed E-state index contributed by atoms with van der Waals surface area (Å²) in [5, 5.41) is 18.1. The number of carbonyl (C=O) groups is 2. The first kappa shape index (κ1) is 27.2. The molecule has 0 saturated carbocycles. The molecule has 192 valence electrons. The Labute approximate surface area is 211 Å². The van der Waals surface area contributed by atoms with Gasteiger partial charge in [0.15, 0.2) is 0 Å². The smallest absolute Gasteiger partial charge is 0.416 e. The van der Waals surface area contributed by atoms with Crippen LogP contribution in [0.1, 0.15) is 36.5 Å². The van der Waals surface area contributed by atoms with Crippen molar-refractivity contribution in [3.63, 3.8) is 0 Å². The van der Waals surface area contributed by atoms with Crippen LogP contribution in [-0.4, -0.2) is 31.0 Å². The standard InChI is InChI=1S/C27H24F3N3O4/c1-4-13-37-25(34)21-16(3)33(20-8-6-7-19(14-20)27(28,29)30)24(32)23(26(35)36-5-2)22(21)18-11-9-17(15-31)10-12-18/h4,6-12,14,22-23,32H,1,5,13H2,2-3H3. The summed E-state index contributed by atoms with van der Waals surface area (Å²) in [6, 6.07) is 12.4. The van der Waals surface area contributed by atoms with Crippen LogP contribution in [0.4, 0.5) is 18.9 Å². The summed E-state index contributed by atoms with van der Waals surface area (Å²) in [6.07, 6.45) is -3.30. The number of hydrogen-bond donors (Lipinski definition) is 1. The summed E-state index contributed by atoms with van der Waals surface area (Å²) in [5.41, 5.74) is -0.159. The van der Waals surface area contributed by atoms with Crippen LogP contribution in [0.15, 0.2) is 72.5 Å². The van der Waals surface area contributed by atoms with E-state index in [0.717, 1.165) is 17.0 Å². The van der Waals surface area contributed by atoms with Crippen LogP contribution < -0.4 is 4.90 Å². The molecular weight excluding hydrogens is 487 g/mol. The van der Waals surface area contributed by atoms with Crippen molar-refractivity contribution < 1.29 is 32.2 Å². The van der Waals surface area contributed by atoms with E-state index in [1.54, 1.807) is 19.1 Å². The van der Waals surface area contributed by atoms with Crippen molar-refractivity contribution in [1.82, 2.24) is 0 Å². The number of anilines is 1. The minimum absolute atomic E-state index is 0.0226. The molecule has 0 saturated heterocycles. The maximum Gasteiger partial charge on any atom is 0.416 e. The highest BCUT2D eigenvalue weighted by atomic mass is 19.4. The number of amidine groups is 1. The molecule has 37 heavy (non-hydrogen) atoms. The highest BCUT2D eigenvalue weighted by Gasteiger charge is 2.47. The Morgan fingerprint density at radius 3 is 2.43 bits per heavy atom. The molecule has 1 N–H and O–H groups in total.